The second kappa shape index (κ2) is 8.63. The van der Waals surface area contributed by atoms with Crippen LogP contribution in [0.4, 0.5) is 4.39 Å². The Bertz CT molecular complexity index is 631. The molecule has 0 aliphatic carbocycles. The lowest BCUT2D eigenvalue weighted by Gasteiger charge is -2.27. The zero-order chi connectivity index (χ0) is 17.5. The molecule has 5 nitrogen and oxygen atoms in total. The highest BCUT2D eigenvalue weighted by Gasteiger charge is 2.29. The number of nitrogens with one attached hydrogen (secondary N) is 2. The standard InChI is InChI=1S/C17H21FN2O3S/c1-11-15(14(10-18)20-17(24)19-11)16(21)23-9-3-4-12-5-7-13(22-2)8-6-12/h5-8,14H,3-4,9-10H2,1-2H3,(H2,19,20,24). The second-order valence-electron chi connectivity index (χ2n) is 5.43. The van der Waals surface area contributed by atoms with E-state index in [0.29, 0.717) is 17.2 Å². The van der Waals surface area contributed by atoms with E-state index in [4.69, 9.17) is 21.7 Å². The van der Waals surface area contributed by atoms with Crippen LogP contribution in [0.1, 0.15) is 18.9 Å². The first-order chi connectivity index (χ1) is 11.5. The van der Waals surface area contributed by atoms with Crippen LogP contribution >= 0.6 is 12.2 Å². The highest BCUT2D eigenvalue weighted by atomic mass is 32.1. The number of alkyl halides is 1. The van der Waals surface area contributed by atoms with Gasteiger partial charge in [-0.15, -0.1) is 0 Å². The maximum absolute atomic E-state index is 13.1. The largest absolute Gasteiger partial charge is 0.497 e. The van der Waals surface area contributed by atoms with Gasteiger partial charge in [0.15, 0.2) is 5.11 Å². The first-order valence-electron chi connectivity index (χ1n) is 7.69. The molecule has 0 spiro atoms. The first kappa shape index (κ1) is 18.2. The summed E-state index contributed by atoms with van der Waals surface area (Å²) in [4.78, 5) is 12.2. The summed E-state index contributed by atoms with van der Waals surface area (Å²) in [6.45, 7) is 1.23. The van der Waals surface area contributed by atoms with E-state index >= 15 is 0 Å². The Kier molecular flexibility index (Phi) is 6.54. The molecule has 0 bridgehead atoms. The molecule has 1 heterocycles. The number of esters is 1. The number of methoxy groups -OCH3 is 1. The van der Waals surface area contributed by atoms with Gasteiger partial charge in [-0.1, -0.05) is 12.1 Å². The van der Waals surface area contributed by atoms with Crippen LogP contribution in [0, 0.1) is 0 Å². The highest BCUT2D eigenvalue weighted by Crippen LogP contribution is 2.16. The van der Waals surface area contributed by atoms with Crippen molar-refractivity contribution in [2.45, 2.75) is 25.8 Å². The van der Waals surface area contributed by atoms with Crippen molar-refractivity contribution in [1.29, 1.82) is 0 Å². The average Bonchev–Trinajstić information content (AvgIpc) is 2.58. The van der Waals surface area contributed by atoms with E-state index in [-0.39, 0.29) is 12.2 Å². The zero-order valence-corrected chi connectivity index (χ0v) is 14.5. The van der Waals surface area contributed by atoms with Gasteiger partial charge >= 0.3 is 5.97 Å². The quantitative estimate of drug-likeness (QED) is 0.446. The van der Waals surface area contributed by atoms with E-state index in [9.17, 15) is 9.18 Å². The summed E-state index contributed by atoms with van der Waals surface area (Å²) in [7, 11) is 1.62. The lowest BCUT2D eigenvalue weighted by Crippen LogP contribution is -2.50. The van der Waals surface area contributed by atoms with Gasteiger partial charge in [0, 0.05) is 5.70 Å². The third-order valence-corrected chi connectivity index (χ3v) is 3.95. The molecular formula is C17H21FN2O3S. The topological polar surface area (TPSA) is 59.6 Å². The molecule has 1 aromatic carbocycles. The summed E-state index contributed by atoms with van der Waals surface area (Å²) in [5, 5.41) is 5.86. The molecule has 0 aromatic heterocycles. The van der Waals surface area contributed by atoms with Gasteiger partial charge < -0.3 is 20.1 Å². The summed E-state index contributed by atoms with van der Waals surface area (Å²) in [6, 6.07) is 6.98. The normalized spacial score (nSPS) is 17.1. The number of carbonyl (C=O) groups excluding carboxylic acids is 1. The third kappa shape index (κ3) is 4.67. The molecule has 7 heteroatoms. The molecule has 1 aliphatic rings. The van der Waals surface area contributed by atoms with Crippen molar-refractivity contribution in [1.82, 2.24) is 10.6 Å². The molecule has 24 heavy (non-hydrogen) atoms. The zero-order valence-electron chi connectivity index (χ0n) is 13.7. The van der Waals surface area contributed by atoms with Gasteiger partial charge in [-0.25, -0.2) is 9.18 Å². The van der Waals surface area contributed by atoms with Crippen molar-refractivity contribution in [3.63, 3.8) is 0 Å². The fourth-order valence-corrected chi connectivity index (χ4v) is 2.78. The smallest absolute Gasteiger partial charge is 0.337 e. The highest BCUT2D eigenvalue weighted by molar-refractivity contribution is 7.80. The number of benzene rings is 1. The molecule has 1 atom stereocenters. The van der Waals surface area contributed by atoms with Crippen LogP contribution in [0.25, 0.3) is 0 Å². The van der Waals surface area contributed by atoms with E-state index in [1.807, 2.05) is 24.3 Å². The van der Waals surface area contributed by atoms with Gasteiger partial charge in [-0.2, -0.15) is 0 Å². The predicted molar refractivity (Wildman–Crippen MR) is 93.6 cm³/mol. The van der Waals surface area contributed by atoms with Crippen molar-refractivity contribution in [3.05, 3.63) is 41.1 Å². The number of halogens is 1. The number of carbonyl (C=O) groups is 1. The van der Waals surface area contributed by atoms with Gasteiger partial charge in [-0.05, 0) is 49.7 Å². The molecule has 0 radical (unpaired) electrons. The molecule has 2 rings (SSSR count). The third-order valence-electron chi connectivity index (χ3n) is 3.74. The number of hydrogen-bond donors (Lipinski definition) is 2. The van der Waals surface area contributed by atoms with Crippen molar-refractivity contribution < 1.29 is 18.7 Å². The molecule has 0 amide bonds. The molecule has 130 valence electrons. The first-order valence-corrected chi connectivity index (χ1v) is 8.10. The van der Waals surface area contributed by atoms with Crippen molar-refractivity contribution in [3.8, 4) is 5.75 Å². The number of thiocarbonyl (C=S) groups is 1. The van der Waals surface area contributed by atoms with Crippen LogP contribution in [0.3, 0.4) is 0 Å². The Morgan fingerprint density at radius 3 is 2.67 bits per heavy atom. The summed E-state index contributed by atoms with van der Waals surface area (Å²) < 4.78 is 23.5. The Morgan fingerprint density at radius 1 is 1.33 bits per heavy atom. The van der Waals surface area contributed by atoms with E-state index < -0.39 is 18.7 Å². The SMILES string of the molecule is COc1ccc(CCCOC(=O)C2=C(C)NC(=S)NC2CF)cc1. The predicted octanol–water partition coefficient (Wildman–Crippen LogP) is 2.26. The van der Waals surface area contributed by atoms with Crippen LogP contribution in [0.5, 0.6) is 5.75 Å². The minimum Gasteiger partial charge on any atom is -0.497 e. The van der Waals surface area contributed by atoms with Crippen LogP contribution in [-0.2, 0) is 16.0 Å². The van der Waals surface area contributed by atoms with Gasteiger partial charge in [0.25, 0.3) is 0 Å². The fraction of sp³-hybridized carbons (Fsp3) is 0.412. The van der Waals surface area contributed by atoms with Crippen molar-refractivity contribution in [2.75, 3.05) is 20.4 Å². The van der Waals surface area contributed by atoms with E-state index in [0.717, 1.165) is 17.7 Å². The van der Waals surface area contributed by atoms with Gasteiger partial charge in [-0.3, -0.25) is 0 Å². The monoisotopic (exact) mass is 352 g/mol. The summed E-state index contributed by atoms with van der Waals surface area (Å²) in [6.07, 6.45) is 1.46. The Hall–Kier alpha value is -2.15. The minimum atomic E-state index is -0.757. The lowest BCUT2D eigenvalue weighted by atomic mass is 10.0. The summed E-state index contributed by atoms with van der Waals surface area (Å²) in [5.41, 5.74) is 1.92. The maximum atomic E-state index is 13.1. The maximum Gasteiger partial charge on any atom is 0.337 e. The summed E-state index contributed by atoms with van der Waals surface area (Å²) >= 11 is 4.96. The number of allylic oxidation sites excluding steroid dienone is 1. The molecule has 0 saturated carbocycles. The molecule has 1 unspecified atom stereocenters. The second-order valence-corrected chi connectivity index (χ2v) is 5.84. The number of ether oxygens (including phenoxy) is 2. The van der Waals surface area contributed by atoms with Gasteiger partial charge in [0.05, 0.1) is 25.3 Å². The van der Waals surface area contributed by atoms with Crippen LogP contribution in [0.2, 0.25) is 0 Å². The van der Waals surface area contributed by atoms with Crippen LogP contribution < -0.4 is 15.4 Å². The van der Waals surface area contributed by atoms with Crippen LogP contribution in [-0.4, -0.2) is 37.5 Å². The molecule has 1 aliphatic heterocycles. The molecule has 2 N–H and O–H groups in total. The van der Waals surface area contributed by atoms with Gasteiger partial charge in [0.1, 0.15) is 12.4 Å². The van der Waals surface area contributed by atoms with E-state index in [2.05, 4.69) is 10.6 Å². The van der Waals surface area contributed by atoms with E-state index in [1.165, 1.54) is 0 Å². The Balaban J connectivity index is 1.83. The molecule has 0 saturated heterocycles. The number of aryl methyl sites for hydroxylation is 1. The Labute approximate surface area is 146 Å². The number of hydrogen-bond acceptors (Lipinski definition) is 4. The van der Waals surface area contributed by atoms with E-state index in [1.54, 1.807) is 14.0 Å². The lowest BCUT2D eigenvalue weighted by molar-refractivity contribution is -0.139. The molecule has 0 fully saturated rings. The molecule has 1 aromatic rings. The average molecular weight is 352 g/mol. The minimum absolute atomic E-state index is 0.260. The summed E-state index contributed by atoms with van der Waals surface area (Å²) in [5.74, 6) is 0.285. The number of rotatable bonds is 7. The molecular weight excluding hydrogens is 331 g/mol. The fourth-order valence-electron chi connectivity index (χ4n) is 2.49. The van der Waals surface area contributed by atoms with Gasteiger partial charge in [0.2, 0.25) is 0 Å². The van der Waals surface area contributed by atoms with Crippen LogP contribution in [0.15, 0.2) is 35.5 Å². The van der Waals surface area contributed by atoms with Crippen molar-refractivity contribution >= 4 is 23.3 Å². The van der Waals surface area contributed by atoms with Crippen molar-refractivity contribution in [2.24, 2.45) is 0 Å². The Morgan fingerprint density at radius 2 is 2.04 bits per heavy atom.